The van der Waals surface area contributed by atoms with Gasteiger partial charge in [0.15, 0.2) is 5.82 Å². The molecule has 25 heavy (non-hydrogen) atoms. The number of rotatable bonds is 5. The highest BCUT2D eigenvalue weighted by Crippen LogP contribution is 2.14. The molecule has 1 unspecified atom stereocenters. The monoisotopic (exact) mass is 385 g/mol. The topological polar surface area (TPSA) is 85.8 Å². The summed E-state index contributed by atoms with van der Waals surface area (Å²) in [5.74, 6) is 1.70. The van der Waals surface area contributed by atoms with Crippen molar-refractivity contribution in [2.45, 2.75) is 51.2 Å². The Morgan fingerprint density at radius 1 is 1.16 bits per heavy atom. The first kappa shape index (κ1) is 21.4. The smallest absolute Gasteiger partial charge is 0.237 e. The molecular formula is C17H25Cl2N5O. The molecule has 1 atom stereocenters. The fourth-order valence-electron chi connectivity index (χ4n) is 2.93. The van der Waals surface area contributed by atoms with Crippen LogP contribution in [0.25, 0.3) is 0 Å². The van der Waals surface area contributed by atoms with E-state index < -0.39 is 6.04 Å². The fraction of sp³-hybridized carbons (Fsp3) is 0.471. The van der Waals surface area contributed by atoms with Crippen molar-refractivity contribution in [3.8, 4) is 0 Å². The Morgan fingerprint density at radius 3 is 2.68 bits per heavy atom. The lowest BCUT2D eigenvalue weighted by atomic mass is 10.1. The third-order valence-corrected chi connectivity index (χ3v) is 4.24. The van der Waals surface area contributed by atoms with Crippen LogP contribution in [0, 0.1) is 0 Å². The van der Waals surface area contributed by atoms with Crippen molar-refractivity contribution in [2.75, 3.05) is 0 Å². The molecule has 6 nitrogen and oxygen atoms in total. The van der Waals surface area contributed by atoms with Crippen LogP contribution in [0.3, 0.4) is 0 Å². The van der Waals surface area contributed by atoms with Crippen molar-refractivity contribution in [1.82, 2.24) is 20.1 Å². The molecule has 0 aliphatic carbocycles. The van der Waals surface area contributed by atoms with Crippen LogP contribution in [0.2, 0.25) is 0 Å². The second kappa shape index (κ2) is 10.4. The van der Waals surface area contributed by atoms with Gasteiger partial charge in [-0.15, -0.1) is 35.0 Å². The summed E-state index contributed by atoms with van der Waals surface area (Å²) in [4.78, 5) is 12.2. The Kier molecular flexibility index (Phi) is 8.89. The van der Waals surface area contributed by atoms with Crippen molar-refractivity contribution >= 4 is 30.7 Å². The van der Waals surface area contributed by atoms with Gasteiger partial charge in [-0.3, -0.25) is 4.79 Å². The maximum absolute atomic E-state index is 12.2. The van der Waals surface area contributed by atoms with Crippen LogP contribution in [0.5, 0.6) is 0 Å². The third kappa shape index (κ3) is 5.70. The second-order valence-electron chi connectivity index (χ2n) is 6.01. The molecule has 1 aromatic carbocycles. The zero-order valence-corrected chi connectivity index (χ0v) is 15.7. The van der Waals surface area contributed by atoms with Crippen LogP contribution in [0.1, 0.15) is 36.5 Å². The SMILES string of the molecule is Cl.Cl.NC(Cc1ccccc1)C(=O)NCc1nnc2n1CCCCC2. The van der Waals surface area contributed by atoms with Gasteiger partial charge in [-0.25, -0.2) is 0 Å². The molecular weight excluding hydrogens is 361 g/mol. The summed E-state index contributed by atoms with van der Waals surface area (Å²) >= 11 is 0. The molecule has 0 bridgehead atoms. The lowest BCUT2D eigenvalue weighted by molar-refractivity contribution is -0.122. The summed E-state index contributed by atoms with van der Waals surface area (Å²) in [5.41, 5.74) is 7.06. The number of fused-ring (bicyclic) bond motifs is 1. The van der Waals surface area contributed by atoms with E-state index >= 15 is 0 Å². The Labute approximate surface area is 160 Å². The van der Waals surface area contributed by atoms with Crippen LogP contribution < -0.4 is 11.1 Å². The van der Waals surface area contributed by atoms with Gasteiger partial charge in [0.2, 0.25) is 5.91 Å². The molecule has 3 N–H and O–H groups in total. The first-order valence-corrected chi connectivity index (χ1v) is 8.22. The fourth-order valence-corrected chi connectivity index (χ4v) is 2.93. The van der Waals surface area contributed by atoms with Gasteiger partial charge in [0.25, 0.3) is 0 Å². The second-order valence-corrected chi connectivity index (χ2v) is 6.01. The first-order chi connectivity index (χ1) is 11.2. The molecule has 8 heteroatoms. The summed E-state index contributed by atoms with van der Waals surface area (Å²) in [6.45, 7) is 1.32. The zero-order chi connectivity index (χ0) is 16.1. The molecule has 0 saturated carbocycles. The van der Waals surface area contributed by atoms with Crippen molar-refractivity contribution in [2.24, 2.45) is 5.73 Å². The normalized spacial score (nSPS) is 14.3. The third-order valence-electron chi connectivity index (χ3n) is 4.24. The summed E-state index contributed by atoms with van der Waals surface area (Å²) in [6, 6.07) is 9.25. The number of hydrogen-bond acceptors (Lipinski definition) is 4. The van der Waals surface area contributed by atoms with Gasteiger partial charge in [-0.05, 0) is 24.8 Å². The minimum atomic E-state index is -0.552. The molecule has 2 heterocycles. The molecule has 1 aliphatic rings. The number of halogens is 2. The number of hydrogen-bond donors (Lipinski definition) is 2. The lowest BCUT2D eigenvalue weighted by Crippen LogP contribution is -2.42. The summed E-state index contributed by atoms with van der Waals surface area (Å²) < 4.78 is 2.13. The molecule has 1 aliphatic heterocycles. The van der Waals surface area contributed by atoms with Crippen molar-refractivity contribution in [1.29, 1.82) is 0 Å². The van der Waals surface area contributed by atoms with E-state index in [1.54, 1.807) is 0 Å². The Bertz CT molecular complexity index is 662. The molecule has 2 aromatic rings. The Hall–Kier alpha value is -1.63. The molecule has 1 amide bonds. The summed E-state index contributed by atoms with van der Waals surface area (Å²) in [7, 11) is 0. The highest BCUT2D eigenvalue weighted by Gasteiger charge is 2.17. The maximum Gasteiger partial charge on any atom is 0.237 e. The van der Waals surface area contributed by atoms with Gasteiger partial charge < -0.3 is 15.6 Å². The van der Waals surface area contributed by atoms with E-state index in [1.165, 1.54) is 6.42 Å². The van der Waals surface area contributed by atoms with Gasteiger partial charge in [0, 0.05) is 13.0 Å². The van der Waals surface area contributed by atoms with Crippen LogP contribution in [0.4, 0.5) is 0 Å². The predicted molar refractivity (Wildman–Crippen MR) is 102 cm³/mol. The Balaban J connectivity index is 0.00000156. The van der Waals surface area contributed by atoms with Gasteiger partial charge in [-0.2, -0.15) is 0 Å². The first-order valence-electron chi connectivity index (χ1n) is 8.22. The standard InChI is InChI=1S/C17H23N5O.2ClH/c18-14(11-13-7-3-1-4-8-13)17(23)19-12-16-21-20-15-9-5-2-6-10-22(15)16;;/h1,3-4,7-8,14H,2,5-6,9-12,18H2,(H,19,23);2*1H. The number of aryl methyl sites for hydroxylation is 1. The van der Waals surface area contributed by atoms with E-state index in [2.05, 4.69) is 20.1 Å². The van der Waals surface area contributed by atoms with Crippen molar-refractivity contribution < 1.29 is 4.79 Å². The molecule has 138 valence electrons. The number of aromatic nitrogens is 3. The van der Waals surface area contributed by atoms with Crippen molar-refractivity contribution in [3.63, 3.8) is 0 Å². The van der Waals surface area contributed by atoms with Crippen LogP contribution >= 0.6 is 24.8 Å². The molecule has 1 aromatic heterocycles. The number of benzene rings is 1. The van der Waals surface area contributed by atoms with Crippen LogP contribution in [0.15, 0.2) is 30.3 Å². The Morgan fingerprint density at radius 2 is 1.92 bits per heavy atom. The van der Waals surface area contributed by atoms with Gasteiger partial charge >= 0.3 is 0 Å². The summed E-state index contributed by atoms with van der Waals surface area (Å²) in [5, 5.41) is 11.3. The minimum absolute atomic E-state index is 0. The van der Waals surface area contributed by atoms with E-state index in [0.29, 0.717) is 13.0 Å². The maximum atomic E-state index is 12.2. The zero-order valence-electron chi connectivity index (χ0n) is 14.1. The van der Waals surface area contributed by atoms with E-state index in [-0.39, 0.29) is 30.7 Å². The van der Waals surface area contributed by atoms with E-state index in [9.17, 15) is 4.79 Å². The minimum Gasteiger partial charge on any atom is -0.347 e. The van der Waals surface area contributed by atoms with Crippen LogP contribution in [-0.2, 0) is 30.7 Å². The average Bonchev–Trinajstić information content (AvgIpc) is 2.80. The van der Waals surface area contributed by atoms with Crippen LogP contribution in [-0.4, -0.2) is 26.7 Å². The van der Waals surface area contributed by atoms with E-state index in [0.717, 1.165) is 43.0 Å². The molecule has 0 spiro atoms. The largest absolute Gasteiger partial charge is 0.347 e. The number of carbonyl (C=O) groups is 1. The van der Waals surface area contributed by atoms with Gasteiger partial charge in [-0.1, -0.05) is 36.8 Å². The van der Waals surface area contributed by atoms with Gasteiger partial charge in [0.1, 0.15) is 5.82 Å². The number of nitrogens with one attached hydrogen (secondary N) is 1. The molecule has 0 fully saturated rings. The summed E-state index contributed by atoms with van der Waals surface area (Å²) in [6.07, 6.45) is 5.02. The number of amides is 1. The van der Waals surface area contributed by atoms with E-state index in [4.69, 9.17) is 5.73 Å². The van der Waals surface area contributed by atoms with Gasteiger partial charge in [0.05, 0.1) is 12.6 Å². The predicted octanol–water partition coefficient (Wildman–Crippen LogP) is 2.03. The number of nitrogens with zero attached hydrogens (tertiary/aromatic N) is 3. The average molecular weight is 386 g/mol. The van der Waals surface area contributed by atoms with Crippen molar-refractivity contribution in [3.05, 3.63) is 47.5 Å². The lowest BCUT2D eigenvalue weighted by Gasteiger charge is -2.13. The number of nitrogens with two attached hydrogens (primary N) is 1. The quantitative estimate of drug-likeness (QED) is 0.824. The molecule has 0 saturated heterocycles. The molecule has 0 radical (unpaired) electrons. The number of carbonyl (C=O) groups excluding carboxylic acids is 1. The highest BCUT2D eigenvalue weighted by atomic mass is 35.5. The van der Waals surface area contributed by atoms with E-state index in [1.807, 2.05) is 30.3 Å². The highest BCUT2D eigenvalue weighted by molar-refractivity contribution is 5.85. The molecule has 3 rings (SSSR count).